The molecule has 4 rings (SSSR count). The minimum Gasteiger partial charge on any atom is -0.359 e. The molecule has 27 heavy (non-hydrogen) atoms. The molecule has 2 aromatic carbocycles. The number of nitrogens with one attached hydrogen (secondary N) is 1. The zero-order valence-electron chi connectivity index (χ0n) is 17.0. The predicted octanol–water partition coefficient (Wildman–Crippen LogP) is 6.59. The number of fused-ring (bicyclic) bond motifs is 4. The van der Waals surface area contributed by atoms with Crippen molar-refractivity contribution in [3.8, 4) is 0 Å². The minimum atomic E-state index is 0.106. The number of para-hydroxylation sites is 2. The van der Waals surface area contributed by atoms with E-state index in [1.807, 2.05) is 0 Å². The van der Waals surface area contributed by atoms with Crippen molar-refractivity contribution in [2.45, 2.75) is 64.3 Å². The first-order valence-electron chi connectivity index (χ1n) is 10.7. The molecule has 142 valence electrons. The molecule has 0 aromatic heterocycles. The van der Waals surface area contributed by atoms with Gasteiger partial charge in [0.25, 0.3) is 0 Å². The fraction of sp³-hybridized carbons (Fsp3) is 0.440. The molecular formula is C25H32N2. The maximum atomic E-state index is 3.83. The highest BCUT2D eigenvalue weighted by Gasteiger charge is 2.37. The van der Waals surface area contributed by atoms with Crippen LogP contribution in [0.4, 0.5) is 17.1 Å². The third-order valence-electron chi connectivity index (χ3n) is 6.49. The van der Waals surface area contributed by atoms with Gasteiger partial charge in [-0.15, -0.1) is 0 Å². The monoisotopic (exact) mass is 360 g/mol. The van der Waals surface area contributed by atoms with E-state index >= 15 is 0 Å². The summed E-state index contributed by atoms with van der Waals surface area (Å²) in [5, 5.41) is 3.83. The number of unbranched alkanes of at least 4 members (excludes halogenated alkanes) is 1. The Morgan fingerprint density at radius 3 is 2.56 bits per heavy atom. The fourth-order valence-electron chi connectivity index (χ4n) is 4.60. The van der Waals surface area contributed by atoms with Gasteiger partial charge < -0.3 is 10.2 Å². The summed E-state index contributed by atoms with van der Waals surface area (Å²) in [6.45, 7) is 8.04. The molecule has 2 heterocycles. The van der Waals surface area contributed by atoms with E-state index in [1.165, 1.54) is 41.0 Å². The molecule has 1 saturated heterocycles. The van der Waals surface area contributed by atoms with Crippen LogP contribution in [0.5, 0.6) is 0 Å². The van der Waals surface area contributed by atoms with Crippen LogP contribution < -0.4 is 10.2 Å². The molecule has 0 aliphatic carbocycles. The molecule has 2 aliphatic rings. The second-order valence-electron chi connectivity index (χ2n) is 8.03. The summed E-state index contributed by atoms with van der Waals surface area (Å²) in [4.78, 5) is 2.56. The lowest BCUT2D eigenvalue weighted by atomic mass is 9.74. The normalized spacial score (nSPS) is 19.5. The van der Waals surface area contributed by atoms with Crippen LogP contribution in [0.2, 0.25) is 0 Å². The van der Waals surface area contributed by atoms with Gasteiger partial charge >= 0.3 is 0 Å². The zero-order chi connectivity index (χ0) is 18.9. The molecule has 0 bridgehead atoms. The first-order valence-corrected chi connectivity index (χ1v) is 10.7. The van der Waals surface area contributed by atoms with Crippen LogP contribution in [0, 0.1) is 0 Å². The van der Waals surface area contributed by atoms with E-state index in [2.05, 4.69) is 85.6 Å². The molecular weight excluding hydrogens is 328 g/mol. The lowest BCUT2D eigenvalue weighted by Gasteiger charge is -2.32. The topological polar surface area (TPSA) is 15.0 Å². The van der Waals surface area contributed by atoms with Crippen LogP contribution in [0.15, 0.2) is 54.6 Å². The van der Waals surface area contributed by atoms with Crippen LogP contribution in [0.25, 0.3) is 0 Å². The summed E-state index contributed by atoms with van der Waals surface area (Å²) in [5.74, 6) is 0. The lowest BCUT2D eigenvalue weighted by molar-refractivity contribution is 0.498. The van der Waals surface area contributed by atoms with E-state index < -0.39 is 0 Å². The molecule has 0 saturated carbocycles. The number of hydrogen-bond donors (Lipinski definition) is 1. The number of allylic oxidation sites excluding steroid dienone is 1. The van der Waals surface area contributed by atoms with E-state index in [-0.39, 0.29) is 5.41 Å². The Bertz CT molecular complexity index is 832. The van der Waals surface area contributed by atoms with Gasteiger partial charge in [0.05, 0.1) is 17.4 Å². The van der Waals surface area contributed by atoms with Crippen molar-refractivity contribution >= 4 is 17.1 Å². The number of nitrogens with zero attached hydrogens (tertiary/aromatic N) is 1. The van der Waals surface area contributed by atoms with Crippen LogP contribution in [-0.2, 0) is 11.8 Å². The van der Waals surface area contributed by atoms with E-state index in [1.54, 1.807) is 0 Å². The Morgan fingerprint density at radius 2 is 1.78 bits per heavy atom. The highest BCUT2D eigenvalue weighted by molar-refractivity contribution is 5.82. The van der Waals surface area contributed by atoms with Gasteiger partial charge in [0, 0.05) is 17.6 Å². The lowest BCUT2D eigenvalue weighted by Crippen LogP contribution is -2.24. The molecule has 0 spiro atoms. The molecule has 1 unspecified atom stereocenters. The maximum Gasteiger partial charge on any atom is 0.0650 e. The number of hydrogen-bond acceptors (Lipinski definition) is 2. The van der Waals surface area contributed by atoms with Crippen molar-refractivity contribution in [3.63, 3.8) is 0 Å². The first-order chi connectivity index (χ1) is 13.2. The van der Waals surface area contributed by atoms with Gasteiger partial charge in [0.2, 0.25) is 0 Å². The summed E-state index contributed by atoms with van der Waals surface area (Å²) >= 11 is 0. The van der Waals surface area contributed by atoms with Crippen molar-refractivity contribution in [2.75, 3.05) is 16.8 Å². The fourth-order valence-corrected chi connectivity index (χ4v) is 4.60. The summed E-state index contributed by atoms with van der Waals surface area (Å²) in [7, 11) is 0. The Morgan fingerprint density at radius 1 is 1.00 bits per heavy atom. The third-order valence-corrected chi connectivity index (χ3v) is 6.49. The van der Waals surface area contributed by atoms with Crippen molar-refractivity contribution in [3.05, 3.63) is 65.7 Å². The van der Waals surface area contributed by atoms with Gasteiger partial charge in [0.15, 0.2) is 0 Å². The average molecular weight is 361 g/mol. The van der Waals surface area contributed by atoms with Gasteiger partial charge in [-0.2, -0.15) is 0 Å². The summed E-state index contributed by atoms with van der Waals surface area (Å²) in [6.07, 6.45) is 10.8. The third kappa shape index (κ3) is 3.26. The minimum absolute atomic E-state index is 0.106. The predicted molar refractivity (Wildman–Crippen MR) is 117 cm³/mol. The molecule has 1 atom stereocenters. The van der Waals surface area contributed by atoms with Gasteiger partial charge in [-0.1, -0.05) is 69.7 Å². The molecule has 2 aromatic rings. The van der Waals surface area contributed by atoms with Crippen molar-refractivity contribution in [1.82, 2.24) is 0 Å². The Hall–Kier alpha value is -2.22. The maximum absolute atomic E-state index is 3.83. The number of aryl methyl sites for hydroxylation is 1. The van der Waals surface area contributed by atoms with E-state index in [0.717, 1.165) is 25.8 Å². The molecule has 2 heteroatoms. The van der Waals surface area contributed by atoms with Gasteiger partial charge in [0.1, 0.15) is 0 Å². The second-order valence-corrected chi connectivity index (χ2v) is 8.03. The van der Waals surface area contributed by atoms with Crippen LogP contribution in [-0.4, -0.2) is 12.6 Å². The number of anilines is 3. The molecule has 0 radical (unpaired) electrons. The van der Waals surface area contributed by atoms with Crippen LogP contribution >= 0.6 is 0 Å². The zero-order valence-corrected chi connectivity index (χ0v) is 17.0. The Kier molecular flexibility index (Phi) is 4.99. The first kappa shape index (κ1) is 18.2. The highest BCUT2D eigenvalue weighted by Crippen LogP contribution is 2.45. The molecule has 0 amide bonds. The van der Waals surface area contributed by atoms with E-state index in [4.69, 9.17) is 0 Å². The molecule has 2 nitrogen and oxygen atoms in total. The standard InChI is InChI=1S/C25H32N2/c1-4-7-11-19-12-10-15-23-24(19)27-18-20(27)16-17-25(5-2,6-3)21-13-8-9-14-22(21)26-23/h8-10,12-17,20,26H,4-7,11,18H2,1-3H3. The molecule has 1 fully saturated rings. The summed E-state index contributed by atoms with van der Waals surface area (Å²) < 4.78 is 0. The van der Waals surface area contributed by atoms with E-state index in [0.29, 0.717) is 6.04 Å². The summed E-state index contributed by atoms with van der Waals surface area (Å²) in [5.41, 5.74) is 6.93. The van der Waals surface area contributed by atoms with Gasteiger partial charge in [-0.25, -0.2) is 0 Å². The van der Waals surface area contributed by atoms with E-state index in [9.17, 15) is 0 Å². The Labute approximate surface area is 164 Å². The van der Waals surface area contributed by atoms with Gasteiger partial charge in [-0.3, -0.25) is 0 Å². The van der Waals surface area contributed by atoms with Gasteiger partial charge in [-0.05, 0) is 48.9 Å². The quantitative estimate of drug-likeness (QED) is 0.478. The SMILES string of the molecule is CCCCc1cccc2c1N1CC1C=CC(CC)(CC)c1ccccc1N2. The number of rotatable bonds is 5. The Balaban J connectivity index is 1.85. The number of benzene rings is 2. The second kappa shape index (κ2) is 7.42. The van der Waals surface area contributed by atoms with Crippen molar-refractivity contribution in [2.24, 2.45) is 0 Å². The smallest absolute Gasteiger partial charge is 0.0650 e. The van der Waals surface area contributed by atoms with Crippen LogP contribution in [0.3, 0.4) is 0 Å². The average Bonchev–Trinajstić information content (AvgIpc) is 3.47. The largest absolute Gasteiger partial charge is 0.359 e. The highest BCUT2D eigenvalue weighted by atomic mass is 15.3. The molecule has 2 aliphatic heterocycles. The van der Waals surface area contributed by atoms with Crippen molar-refractivity contribution < 1.29 is 0 Å². The summed E-state index contributed by atoms with van der Waals surface area (Å²) in [6, 6.07) is 16.2. The van der Waals surface area contributed by atoms with Crippen LogP contribution in [0.1, 0.15) is 57.6 Å². The molecule has 1 N–H and O–H groups in total. The van der Waals surface area contributed by atoms with Crippen molar-refractivity contribution in [1.29, 1.82) is 0 Å².